The van der Waals surface area contributed by atoms with Gasteiger partial charge in [-0.3, -0.25) is 4.99 Å². The molecule has 6 nitrogen and oxygen atoms in total. The maximum absolute atomic E-state index is 11.4. The van der Waals surface area contributed by atoms with Gasteiger partial charge in [0, 0.05) is 6.21 Å². The summed E-state index contributed by atoms with van der Waals surface area (Å²) < 4.78 is 10.3. The summed E-state index contributed by atoms with van der Waals surface area (Å²) >= 11 is 6.03. The maximum Gasteiger partial charge on any atom is 0.344 e. The Balaban J connectivity index is 2.01. The van der Waals surface area contributed by atoms with Crippen LogP contribution in [0.2, 0.25) is 5.02 Å². The van der Waals surface area contributed by atoms with Gasteiger partial charge in [-0.2, -0.15) is 0 Å². The maximum atomic E-state index is 11.4. The highest BCUT2D eigenvalue weighted by atomic mass is 35.5. The molecule has 0 saturated carbocycles. The highest BCUT2D eigenvalue weighted by Gasteiger charge is 2.07. The number of aliphatic imine (C=N–C) groups is 1. The molecule has 2 aromatic carbocycles. The zero-order valence-corrected chi connectivity index (χ0v) is 15.1. The van der Waals surface area contributed by atoms with E-state index in [0.29, 0.717) is 16.5 Å². The van der Waals surface area contributed by atoms with Gasteiger partial charge in [-0.25, -0.2) is 9.59 Å². The molecular formula is C19H18ClNO5. The number of benzene rings is 2. The summed E-state index contributed by atoms with van der Waals surface area (Å²) in [7, 11) is 0. The number of carbonyl (C=O) groups excluding carboxylic acids is 1. The molecule has 0 aliphatic carbocycles. The fraction of sp³-hybridized carbons (Fsp3) is 0.211. The standard InChI is InChI=1S/C19H18ClNO5/c1-12(2)26-18(22)11-25-15-6-3-13(4-7-15)10-21-17-9-14(19(23)24)5-8-16(17)20/h3-10,12H,11H2,1-2H3,(H,23,24). The molecule has 1 N–H and O–H groups in total. The van der Waals surface area contributed by atoms with Crippen LogP contribution in [0.4, 0.5) is 5.69 Å². The van der Waals surface area contributed by atoms with Gasteiger partial charge in [0.1, 0.15) is 5.75 Å². The molecule has 2 rings (SSSR count). The quantitative estimate of drug-likeness (QED) is 0.581. The van der Waals surface area contributed by atoms with Crippen LogP contribution in [0.1, 0.15) is 29.8 Å². The van der Waals surface area contributed by atoms with E-state index >= 15 is 0 Å². The van der Waals surface area contributed by atoms with Crippen molar-refractivity contribution in [1.29, 1.82) is 0 Å². The summed E-state index contributed by atoms with van der Waals surface area (Å²) in [4.78, 5) is 26.7. The number of carboxylic acids is 1. The van der Waals surface area contributed by atoms with Crippen molar-refractivity contribution in [2.45, 2.75) is 20.0 Å². The van der Waals surface area contributed by atoms with E-state index in [9.17, 15) is 9.59 Å². The van der Waals surface area contributed by atoms with Crippen molar-refractivity contribution >= 4 is 35.4 Å². The third kappa shape index (κ3) is 5.89. The van der Waals surface area contributed by atoms with Crippen molar-refractivity contribution in [3.63, 3.8) is 0 Å². The van der Waals surface area contributed by atoms with E-state index in [2.05, 4.69) is 4.99 Å². The summed E-state index contributed by atoms with van der Waals surface area (Å²) in [6.45, 7) is 3.37. The Morgan fingerprint density at radius 2 is 1.88 bits per heavy atom. The summed E-state index contributed by atoms with van der Waals surface area (Å²) in [5.41, 5.74) is 1.24. The van der Waals surface area contributed by atoms with Gasteiger partial charge in [0.05, 0.1) is 22.4 Å². The van der Waals surface area contributed by atoms with Crippen molar-refractivity contribution in [3.05, 3.63) is 58.6 Å². The monoisotopic (exact) mass is 375 g/mol. The van der Waals surface area contributed by atoms with Gasteiger partial charge < -0.3 is 14.6 Å². The van der Waals surface area contributed by atoms with Crippen molar-refractivity contribution in [2.24, 2.45) is 4.99 Å². The molecule has 0 unspecified atom stereocenters. The van der Waals surface area contributed by atoms with Crippen molar-refractivity contribution < 1.29 is 24.2 Å². The molecule has 0 amide bonds. The topological polar surface area (TPSA) is 85.2 Å². The fourth-order valence-corrected chi connectivity index (χ4v) is 2.14. The van der Waals surface area contributed by atoms with Gasteiger partial charge in [-0.05, 0) is 61.9 Å². The lowest BCUT2D eigenvalue weighted by atomic mass is 10.2. The summed E-state index contributed by atoms with van der Waals surface area (Å²) in [5.74, 6) is -0.956. The van der Waals surface area contributed by atoms with Crippen LogP contribution in [0.3, 0.4) is 0 Å². The number of nitrogens with zero attached hydrogens (tertiary/aromatic N) is 1. The molecule has 0 fully saturated rings. The van der Waals surface area contributed by atoms with Crippen LogP contribution in [0.5, 0.6) is 5.75 Å². The minimum absolute atomic E-state index is 0.110. The molecule has 0 bridgehead atoms. The molecular weight excluding hydrogens is 358 g/mol. The highest BCUT2D eigenvalue weighted by Crippen LogP contribution is 2.26. The van der Waals surface area contributed by atoms with Crippen LogP contribution >= 0.6 is 11.6 Å². The van der Waals surface area contributed by atoms with Crippen molar-refractivity contribution in [1.82, 2.24) is 0 Å². The predicted octanol–water partition coefficient (Wildman–Crippen LogP) is 4.12. The number of halogens is 1. The van der Waals surface area contributed by atoms with Gasteiger partial charge in [-0.15, -0.1) is 0 Å². The first-order valence-electron chi connectivity index (χ1n) is 7.84. The Morgan fingerprint density at radius 3 is 2.50 bits per heavy atom. The van der Waals surface area contributed by atoms with E-state index in [1.165, 1.54) is 18.2 Å². The number of aromatic carboxylic acids is 1. The number of rotatable bonds is 7. The second-order valence-corrected chi connectivity index (χ2v) is 6.03. The lowest BCUT2D eigenvalue weighted by molar-refractivity contribution is -0.149. The Bertz CT molecular complexity index is 815. The van der Waals surface area contributed by atoms with Gasteiger partial charge in [0.25, 0.3) is 0 Å². The Labute approximate surface area is 156 Å². The molecule has 0 radical (unpaired) electrons. The van der Waals surface area contributed by atoms with Crippen molar-refractivity contribution in [3.8, 4) is 5.75 Å². The normalized spacial score (nSPS) is 10.9. The number of carbonyl (C=O) groups is 2. The lowest BCUT2D eigenvalue weighted by Gasteiger charge is -2.09. The predicted molar refractivity (Wildman–Crippen MR) is 98.8 cm³/mol. The third-order valence-electron chi connectivity index (χ3n) is 3.15. The molecule has 0 atom stereocenters. The first-order chi connectivity index (χ1) is 12.3. The second kappa shape index (κ2) is 9.01. The number of ether oxygens (including phenoxy) is 2. The molecule has 0 spiro atoms. The first-order valence-corrected chi connectivity index (χ1v) is 8.22. The molecule has 0 aromatic heterocycles. The average Bonchev–Trinajstić information content (AvgIpc) is 2.59. The highest BCUT2D eigenvalue weighted by molar-refractivity contribution is 6.33. The van der Waals surface area contributed by atoms with E-state index in [0.717, 1.165) is 5.56 Å². The first kappa shape index (κ1) is 19.5. The van der Waals surface area contributed by atoms with Gasteiger partial charge in [0.15, 0.2) is 6.61 Å². The van der Waals surface area contributed by atoms with Crippen LogP contribution in [0.15, 0.2) is 47.5 Å². The molecule has 26 heavy (non-hydrogen) atoms. The zero-order valence-electron chi connectivity index (χ0n) is 14.3. The molecule has 0 saturated heterocycles. The van der Waals surface area contributed by atoms with Gasteiger partial charge >= 0.3 is 11.9 Å². The Hall–Kier alpha value is -2.86. The summed E-state index contributed by atoms with van der Waals surface area (Å²) in [5, 5.41) is 9.37. The van der Waals surface area contributed by atoms with E-state index in [1.807, 2.05) is 0 Å². The molecule has 2 aromatic rings. The van der Waals surface area contributed by atoms with Crippen LogP contribution in [-0.2, 0) is 9.53 Å². The smallest absolute Gasteiger partial charge is 0.344 e. The van der Waals surface area contributed by atoms with Crippen LogP contribution in [0.25, 0.3) is 0 Å². The van der Waals surface area contributed by atoms with Gasteiger partial charge in [-0.1, -0.05) is 11.6 Å². The minimum atomic E-state index is -1.05. The number of hydrogen-bond acceptors (Lipinski definition) is 5. The van der Waals surface area contributed by atoms with E-state index in [4.69, 9.17) is 26.2 Å². The molecule has 0 heterocycles. The molecule has 0 aliphatic heterocycles. The number of hydrogen-bond donors (Lipinski definition) is 1. The fourth-order valence-electron chi connectivity index (χ4n) is 1.98. The largest absolute Gasteiger partial charge is 0.482 e. The summed E-state index contributed by atoms with van der Waals surface area (Å²) in [6, 6.07) is 11.2. The zero-order chi connectivity index (χ0) is 19.1. The molecule has 0 aliphatic rings. The van der Waals surface area contributed by atoms with Crippen LogP contribution < -0.4 is 4.74 Å². The third-order valence-corrected chi connectivity index (χ3v) is 3.47. The number of carboxylic acid groups (broad SMARTS) is 1. The summed E-state index contributed by atoms with van der Waals surface area (Å²) in [6.07, 6.45) is 1.38. The SMILES string of the molecule is CC(C)OC(=O)COc1ccc(C=Nc2cc(C(=O)O)ccc2Cl)cc1. The van der Waals surface area contributed by atoms with E-state index in [-0.39, 0.29) is 18.3 Å². The van der Waals surface area contributed by atoms with Crippen molar-refractivity contribution in [2.75, 3.05) is 6.61 Å². The van der Waals surface area contributed by atoms with Gasteiger partial charge in [0.2, 0.25) is 0 Å². The lowest BCUT2D eigenvalue weighted by Crippen LogP contribution is -2.18. The average molecular weight is 376 g/mol. The Kier molecular flexibility index (Phi) is 6.74. The molecule has 7 heteroatoms. The minimum Gasteiger partial charge on any atom is -0.482 e. The molecule has 136 valence electrons. The van der Waals surface area contributed by atoms with Crippen LogP contribution in [-0.4, -0.2) is 36.0 Å². The Morgan fingerprint density at radius 1 is 1.19 bits per heavy atom. The second-order valence-electron chi connectivity index (χ2n) is 5.63. The van der Waals surface area contributed by atoms with E-state index in [1.54, 1.807) is 44.3 Å². The number of esters is 1. The van der Waals surface area contributed by atoms with E-state index < -0.39 is 11.9 Å². The van der Waals surface area contributed by atoms with Crippen LogP contribution in [0, 0.1) is 0 Å².